The van der Waals surface area contributed by atoms with E-state index < -0.39 is 0 Å². The molecule has 1 nitrogen and oxygen atoms in total. The lowest BCUT2D eigenvalue weighted by molar-refractivity contribution is 1.14. The van der Waals surface area contributed by atoms with Gasteiger partial charge in [-0.1, -0.05) is 0 Å². The normalized spacial score (nSPS) is 21.3. The Hall–Kier alpha value is 0.0200. The average Bonchev–Trinajstić information content (AvgIpc) is 1.72. The standard InChI is InChI=1S/C4H6NS/c1-3-6-4-2-5-1/h1,3-4H2. The molecule has 0 N–H and O–H groups in total. The van der Waals surface area contributed by atoms with Gasteiger partial charge in [-0.05, 0) is 0 Å². The van der Waals surface area contributed by atoms with Crippen LogP contribution in [0.5, 0.6) is 0 Å². The third kappa shape index (κ3) is 1.01. The molecular formula is C4H6NS. The van der Waals surface area contributed by atoms with Crippen molar-refractivity contribution >= 4 is 18.0 Å². The van der Waals surface area contributed by atoms with Crippen LogP contribution in [0.25, 0.3) is 0 Å². The summed E-state index contributed by atoms with van der Waals surface area (Å²) < 4.78 is 0. The molecule has 0 aromatic carbocycles. The molecule has 1 aliphatic rings. The molecule has 0 amide bonds. The van der Waals surface area contributed by atoms with Gasteiger partial charge >= 0.3 is 0 Å². The monoisotopic (exact) mass is 100 g/mol. The highest BCUT2D eigenvalue weighted by Gasteiger charge is 1.88. The van der Waals surface area contributed by atoms with Gasteiger partial charge in [0.2, 0.25) is 0 Å². The quantitative estimate of drug-likeness (QED) is 0.436. The lowest BCUT2D eigenvalue weighted by Crippen LogP contribution is -1.95. The lowest BCUT2D eigenvalue weighted by atomic mass is 10.7. The second-order valence-electron chi connectivity index (χ2n) is 1.09. The fourth-order valence-corrected chi connectivity index (χ4v) is 0.900. The molecular weight excluding hydrogens is 94.1 g/mol. The minimum atomic E-state index is 0.977. The van der Waals surface area contributed by atoms with E-state index in [1.54, 1.807) is 0 Å². The van der Waals surface area contributed by atoms with Crippen molar-refractivity contribution in [3.8, 4) is 0 Å². The number of thioether (sulfide) groups is 1. The zero-order chi connectivity index (χ0) is 4.24. The van der Waals surface area contributed by atoms with Crippen molar-refractivity contribution in [1.29, 1.82) is 0 Å². The molecule has 0 saturated heterocycles. The van der Waals surface area contributed by atoms with Crippen LogP contribution in [0.15, 0.2) is 4.99 Å². The average molecular weight is 100 g/mol. The van der Waals surface area contributed by atoms with Crippen molar-refractivity contribution in [3.05, 3.63) is 0 Å². The van der Waals surface area contributed by atoms with Crippen LogP contribution in [-0.2, 0) is 0 Å². The fraction of sp³-hybridized carbons (Fsp3) is 0.750. The summed E-state index contributed by atoms with van der Waals surface area (Å²) in [6.45, 7) is 0.977. The number of aliphatic imine (C=N–C) groups is 1. The van der Waals surface area contributed by atoms with E-state index in [1.165, 1.54) is 5.75 Å². The molecule has 0 saturated carbocycles. The highest BCUT2D eigenvalue weighted by Crippen LogP contribution is 2.00. The van der Waals surface area contributed by atoms with Gasteiger partial charge < -0.3 is 0 Å². The molecule has 1 heterocycles. The molecule has 2 heteroatoms. The zero-order valence-electron chi connectivity index (χ0n) is 3.48. The summed E-state index contributed by atoms with van der Waals surface area (Å²) in [4.78, 5) is 3.91. The van der Waals surface area contributed by atoms with E-state index in [1.807, 2.05) is 11.8 Å². The first-order valence-corrected chi connectivity index (χ1v) is 3.13. The summed E-state index contributed by atoms with van der Waals surface area (Å²) >= 11 is 1.89. The third-order valence-corrected chi connectivity index (χ3v) is 1.43. The minimum Gasteiger partial charge on any atom is -0.286 e. The van der Waals surface area contributed by atoms with Crippen LogP contribution in [0.4, 0.5) is 0 Å². The molecule has 0 spiro atoms. The molecule has 33 valence electrons. The smallest absolute Gasteiger partial charge is 0.0666 e. The Kier molecular flexibility index (Phi) is 1.56. The second kappa shape index (κ2) is 2.24. The van der Waals surface area contributed by atoms with Gasteiger partial charge in [0, 0.05) is 18.1 Å². The Morgan fingerprint density at radius 1 is 1.67 bits per heavy atom. The lowest BCUT2D eigenvalue weighted by Gasteiger charge is -1.96. The Bertz CT molecular complexity index is 52.6. The molecule has 6 heavy (non-hydrogen) atoms. The highest BCUT2D eigenvalue weighted by molar-refractivity contribution is 7.99. The molecule has 1 aliphatic heterocycles. The molecule has 0 aromatic heterocycles. The predicted molar refractivity (Wildman–Crippen MR) is 29.6 cm³/mol. The van der Waals surface area contributed by atoms with Gasteiger partial charge in [0.15, 0.2) is 0 Å². The van der Waals surface area contributed by atoms with Gasteiger partial charge in [-0.15, -0.1) is 0 Å². The van der Waals surface area contributed by atoms with E-state index >= 15 is 0 Å². The fourth-order valence-electron chi connectivity index (χ4n) is 0.353. The minimum absolute atomic E-state index is 0.977. The first kappa shape index (κ1) is 4.19. The van der Waals surface area contributed by atoms with Crippen molar-refractivity contribution < 1.29 is 0 Å². The maximum Gasteiger partial charge on any atom is 0.0666 e. The van der Waals surface area contributed by atoms with Crippen molar-refractivity contribution in [3.63, 3.8) is 0 Å². The van der Waals surface area contributed by atoms with Gasteiger partial charge in [0.1, 0.15) is 0 Å². The van der Waals surface area contributed by atoms with Crippen molar-refractivity contribution in [2.45, 2.75) is 0 Å². The van der Waals surface area contributed by atoms with Gasteiger partial charge in [0.25, 0.3) is 0 Å². The van der Waals surface area contributed by atoms with Crippen LogP contribution >= 0.6 is 11.8 Å². The molecule has 0 unspecified atom stereocenters. The van der Waals surface area contributed by atoms with E-state index in [-0.39, 0.29) is 0 Å². The zero-order valence-corrected chi connectivity index (χ0v) is 4.29. The molecule has 1 radical (unpaired) electrons. The Morgan fingerprint density at radius 2 is 2.67 bits per heavy atom. The van der Waals surface area contributed by atoms with Crippen LogP contribution in [0.3, 0.4) is 0 Å². The van der Waals surface area contributed by atoms with E-state index in [0.29, 0.717) is 0 Å². The highest BCUT2D eigenvalue weighted by atomic mass is 32.2. The predicted octanol–water partition coefficient (Wildman–Crippen LogP) is 0.681. The number of hydrogen-bond donors (Lipinski definition) is 0. The van der Waals surface area contributed by atoms with Gasteiger partial charge in [-0.2, -0.15) is 11.8 Å². The van der Waals surface area contributed by atoms with E-state index in [9.17, 15) is 0 Å². The Balaban J connectivity index is 2.26. The summed E-state index contributed by atoms with van der Waals surface area (Å²) in [5, 5.41) is 0. The molecule has 0 aliphatic carbocycles. The largest absolute Gasteiger partial charge is 0.286 e. The first-order chi connectivity index (χ1) is 3.00. The molecule has 0 bridgehead atoms. The third-order valence-electron chi connectivity index (χ3n) is 0.626. The SMILES string of the molecule is [C]1=NCCSC1. The molecule has 0 atom stereocenters. The van der Waals surface area contributed by atoms with Gasteiger partial charge in [-0.25, -0.2) is 0 Å². The van der Waals surface area contributed by atoms with E-state index in [0.717, 1.165) is 12.3 Å². The maximum absolute atomic E-state index is 3.91. The summed E-state index contributed by atoms with van der Waals surface area (Å²) in [5.74, 6) is 2.19. The van der Waals surface area contributed by atoms with Crippen molar-refractivity contribution in [2.24, 2.45) is 4.99 Å². The Morgan fingerprint density at radius 3 is 2.83 bits per heavy atom. The summed E-state index contributed by atoms with van der Waals surface area (Å²) in [6, 6.07) is 0. The maximum atomic E-state index is 3.91. The van der Waals surface area contributed by atoms with E-state index in [4.69, 9.17) is 0 Å². The number of nitrogens with zero attached hydrogens (tertiary/aromatic N) is 1. The van der Waals surface area contributed by atoms with Crippen LogP contribution < -0.4 is 0 Å². The van der Waals surface area contributed by atoms with Crippen LogP contribution in [0, 0.1) is 0 Å². The van der Waals surface area contributed by atoms with E-state index in [2.05, 4.69) is 11.2 Å². The van der Waals surface area contributed by atoms with Crippen LogP contribution in [-0.4, -0.2) is 24.3 Å². The van der Waals surface area contributed by atoms with Crippen LogP contribution in [0.2, 0.25) is 0 Å². The van der Waals surface area contributed by atoms with Gasteiger partial charge in [-0.3, -0.25) is 4.99 Å². The molecule has 0 fully saturated rings. The molecule has 0 aromatic rings. The Labute approximate surface area is 41.8 Å². The topological polar surface area (TPSA) is 12.4 Å². The van der Waals surface area contributed by atoms with Gasteiger partial charge in [0.05, 0.1) is 6.21 Å². The molecule has 1 rings (SSSR count). The number of hydrogen-bond acceptors (Lipinski definition) is 2. The summed E-state index contributed by atoms with van der Waals surface area (Å²) in [6.07, 6.45) is 2.87. The first-order valence-electron chi connectivity index (χ1n) is 1.97. The summed E-state index contributed by atoms with van der Waals surface area (Å²) in [7, 11) is 0. The van der Waals surface area contributed by atoms with Crippen molar-refractivity contribution in [1.82, 2.24) is 0 Å². The summed E-state index contributed by atoms with van der Waals surface area (Å²) in [5.41, 5.74) is 0. The number of rotatable bonds is 0. The van der Waals surface area contributed by atoms with Crippen molar-refractivity contribution in [2.75, 3.05) is 18.1 Å². The van der Waals surface area contributed by atoms with Crippen LogP contribution in [0.1, 0.15) is 0 Å². The second-order valence-corrected chi connectivity index (χ2v) is 2.20.